The molecule has 0 spiro atoms. The zero-order valence-corrected chi connectivity index (χ0v) is 17.8. The van der Waals surface area contributed by atoms with E-state index in [1.54, 1.807) is 21.3 Å². The number of aryl methyl sites for hydroxylation is 1. The lowest BCUT2D eigenvalue weighted by Crippen LogP contribution is -3.13. The number of nitrogens with zero attached hydrogens (tertiary/aromatic N) is 1. The molecule has 1 N–H and O–H groups in total. The monoisotopic (exact) mass is 399 g/mol. The van der Waals surface area contributed by atoms with Gasteiger partial charge in [-0.2, -0.15) is 0 Å². The molecule has 1 aliphatic rings. The van der Waals surface area contributed by atoms with Crippen molar-refractivity contribution in [3.63, 3.8) is 0 Å². The quantitative estimate of drug-likeness (QED) is 0.767. The highest BCUT2D eigenvalue weighted by atomic mass is 16.5. The predicted octanol–water partition coefficient (Wildman–Crippen LogP) is 1.49. The Morgan fingerprint density at radius 3 is 2.34 bits per heavy atom. The fraction of sp³-hybridized carbons (Fsp3) is 0.435. The molecular weight excluding hydrogens is 368 g/mol. The SMILES string of the molecule is COc1ccc(CC(=O)N2CC[NH+](Cc3cccc(C)c3)CC2)c(OC)c1OC. The first kappa shape index (κ1) is 21.0. The number of quaternary nitrogens is 1. The molecule has 2 aromatic carbocycles. The van der Waals surface area contributed by atoms with Gasteiger partial charge in [0.2, 0.25) is 11.7 Å². The van der Waals surface area contributed by atoms with E-state index in [0.29, 0.717) is 17.2 Å². The Morgan fingerprint density at radius 1 is 1.00 bits per heavy atom. The maximum Gasteiger partial charge on any atom is 0.227 e. The number of hydrogen-bond donors (Lipinski definition) is 1. The van der Waals surface area contributed by atoms with Gasteiger partial charge in [0.25, 0.3) is 0 Å². The number of ether oxygens (including phenoxy) is 3. The zero-order valence-electron chi connectivity index (χ0n) is 17.8. The number of amides is 1. The minimum atomic E-state index is 0.116. The molecule has 0 atom stereocenters. The van der Waals surface area contributed by atoms with Crippen LogP contribution in [0.2, 0.25) is 0 Å². The molecule has 1 aliphatic heterocycles. The van der Waals surface area contributed by atoms with Crippen molar-refractivity contribution in [3.05, 3.63) is 53.1 Å². The summed E-state index contributed by atoms with van der Waals surface area (Å²) >= 11 is 0. The molecule has 3 rings (SSSR count). The molecular formula is C23H31N2O4+. The van der Waals surface area contributed by atoms with Crippen molar-refractivity contribution in [2.75, 3.05) is 47.5 Å². The Hall–Kier alpha value is -2.73. The molecule has 156 valence electrons. The summed E-state index contributed by atoms with van der Waals surface area (Å²) in [6.45, 7) is 6.60. The van der Waals surface area contributed by atoms with Gasteiger partial charge in [0, 0.05) is 11.1 Å². The minimum absolute atomic E-state index is 0.116. The van der Waals surface area contributed by atoms with Gasteiger partial charge in [-0.15, -0.1) is 0 Å². The molecule has 1 saturated heterocycles. The van der Waals surface area contributed by atoms with E-state index in [0.717, 1.165) is 38.3 Å². The normalized spacial score (nSPS) is 14.6. The fourth-order valence-electron chi connectivity index (χ4n) is 3.94. The Balaban J connectivity index is 1.60. The third kappa shape index (κ3) is 5.01. The van der Waals surface area contributed by atoms with Crippen LogP contribution in [-0.2, 0) is 17.8 Å². The first-order valence-electron chi connectivity index (χ1n) is 10.0. The van der Waals surface area contributed by atoms with Gasteiger partial charge in [0.05, 0.1) is 53.9 Å². The van der Waals surface area contributed by atoms with Crippen LogP contribution in [0.3, 0.4) is 0 Å². The van der Waals surface area contributed by atoms with Crippen LogP contribution in [-0.4, -0.2) is 58.3 Å². The third-order valence-corrected chi connectivity index (χ3v) is 5.49. The number of piperazine rings is 1. The van der Waals surface area contributed by atoms with E-state index in [-0.39, 0.29) is 12.3 Å². The van der Waals surface area contributed by atoms with Crippen LogP contribution < -0.4 is 19.1 Å². The number of carbonyl (C=O) groups excluding carboxylic acids is 1. The molecule has 0 radical (unpaired) electrons. The summed E-state index contributed by atoms with van der Waals surface area (Å²) in [4.78, 5) is 16.4. The Labute approximate surface area is 173 Å². The molecule has 1 fully saturated rings. The summed E-state index contributed by atoms with van der Waals surface area (Å²) in [6.07, 6.45) is 0.288. The highest BCUT2D eigenvalue weighted by Crippen LogP contribution is 2.40. The highest BCUT2D eigenvalue weighted by Gasteiger charge is 2.25. The lowest BCUT2D eigenvalue weighted by atomic mass is 10.1. The number of rotatable bonds is 7. The first-order valence-corrected chi connectivity index (χ1v) is 10.0. The molecule has 0 bridgehead atoms. The average molecular weight is 400 g/mol. The van der Waals surface area contributed by atoms with Crippen molar-refractivity contribution < 1.29 is 23.9 Å². The number of hydrogen-bond acceptors (Lipinski definition) is 4. The number of methoxy groups -OCH3 is 3. The predicted molar refractivity (Wildman–Crippen MR) is 112 cm³/mol. The van der Waals surface area contributed by atoms with Gasteiger partial charge in [-0.3, -0.25) is 4.79 Å². The van der Waals surface area contributed by atoms with Crippen LogP contribution in [0.4, 0.5) is 0 Å². The first-order chi connectivity index (χ1) is 14.0. The van der Waals surface area contributed by atoms with Gasteiger partial charge < -0.3 is 24.0 Å². The lowest BCUT2D eigenvalue weighted by Gasteiger charge is -2.32. The van der Waals surface area contributed by atoms with Crippen molar-refractivity contribution in [3.8, 4) is 17.2 Å². The van der Waals surface area contributed by atoms with Gasteiger partial charge in [0.15, 0.2) is 11.5 Å². The number of nitrogens with one attached hydrogen (secondary N) is 1. The molecule has 6 heteroatoms. The summed E-state index contributed by atoms with van der Waals surface area (Å²) in [6, 6.07) is 12.3. The molecule has 0 aliphatic carbocycles. The average Bonchev–Trinajstić information content (AvgIpc) is 2.73. The lowest BCUT2D eigenvalue weighted by molar-refractivity contribution is -0.917. The molecule has 1 amide bonds. The van der Waals surface area contributed by atoms with Crippen molar-refractivity contribution in [1.29, 1.82) is 0 Å². The summed E-state index contributed by atoms with van der Waals surface area (Å²) in [7, 11) is 4.74. The van der Waals surface area contributed by atoms with Crippen LogP contribution in [0.15, 0.2) is 36.4 Å². The van der Waals surface area contributed by atoms with E-state index in [1.165, 1.54) is 16.0 Å². The van der Waals surface area contributed by atoms with Crippen molar-refractivity contribution in [2.24, 2.45) is 0 Å². The Kier molecular flexibility index (Phi) is 6.99. The van der Waals surface area contributed by atoms with Gasteiger partial charge in [-0.25, -0.2) is 0 Å². The van der Waals surface area contributed by atoms with Crippen LogP contribution >= 0.6 is 0 Å². The van der Waals surface area contributed by atoms with Crippen molar-refractivity contribution in [2.45, 2.75) is 19.9 Å². The van der Waals surface area contributed by atoms with E-state index < -0.39 is 0 Å². The molecule has 29 heavy (non-hydrogen) atoms. The van der Waals surface area contributed by atoms with Gasteiger partial charge in [0.1, 0.15) is 6.54 Å². The van der Waals surface area contributed by atoms with E-state index in [2.05, 4.69) is 31.2 Å². The summed E-state index contributed by atoms with van der Waals surface area (Å²) in [5, 5.41) is 0. The summed E-state index contributed by atoms with van der Waals surface area (Å²) in [5.41, 5.74) is 3.46. The molecule has 0 unspecified atom stereocenters. The minimum Gasteiger partial charge on any atom is -0.493 e. The maximum absolute atomic E-state index is 12.9. The zero-order chi connectivity index (χ0) is 20.8. The standard InChI is InChI=1S/C23H30N2O4/c1-17-6-5-7-18(14-17)16-24-10-12-25(13-11-24)21(26)15-19-8-9-20(27-2)23(29-4)22(19)28-3/h5-9,14H,10-13,15-16H2,1-4H3/p+1. The largest absolute Gasteiger partial charge is 0.493 e. The highest BCUT2D eigenvalue weighted by molar-refractivity contribution is 5.80. The van der Waals surface area contributed by atoms with Crippen molar-refractivity contribution in [1.82, 2.24) is 4.90 Å². The van der Waals surface area contributed by atoms with E-state index in [4.69, 9.17) is 14.2 Å². The van der Waals surface area contributed by atoms with Gasteiger partial charge in [-0.05, 0) is 13.0 Å². The Bertz CT molecular complexity index is 845. The molecule has 2 aromatic rings. The van der Waals surface area contributed by atoms with Crippen LogP contribution in [0, 0.1) is 6.92 Å². The number of benzene rings is 2. The summed E-state index contributed by atoms with van der Waals surface area (Å²) in [5.74, 6) is 1.79. The fourth-order valence-corrected chi connectivity index (χ4v) is 3.94. The molecule has 0 saturated carbocycles. The second-order valence-electron chi connectivity index (χ2n) is 7.47. The molecule has 6 nitrogen and oxygen atoms in total. The maximum atomic E-state index is 12.9. The molecule has 1 heterocycles. The van der Waals surface area contributed by atoms with Gasteiger partial charge >= 0.3 is 0 Å². The van der Waals surface area contributed by atoms with E-state index in [1.807, 2.05) is 17.0 Å². The summed E-state index contributed by atoms with van der Waals surface area (Å²) < 4.78 is 16.3. The molecule has 0 aromatic heterocycles. The topological polar surface area (TPSA) is 52.4 Å². The van der Waals surface area contributed by atoms with Crippen LogP contribution in [0.5, 0.6) is 17.2 Å². The second-order valence-corrected chi connectivity index (χ2v) is 7.47. The van der Waals surface area contributed by atoms with E-state index in [9.17, 15) is 4.79 Å². The van der Waals surface area contributed by atoms with Crippen LogP contribution in [0.25, 0.3) is 0 Å². The van der Waals surface area contributed by atoms with Gasteiger partial charge in [-0.1, -0.05) is 35.9 Å². The van der Waals surface area contributed by atoms with Crippen molar-refractivity contribution >= 4 is 5.91 Å². The second kappa shape index (κ2) is 9.65. The smallest absolute Gasteiger partial charge is 0.227 e. The number of carbonyl (C=O) groups is 1. The third-order valence-electron chi connectivity index (χ3n) is 5.49. The van der Waals surface area contributed by atoms with E-state index >= 15 is 0 Å². The van der Waals surface area contributed by atoms with Crippen LogP contribution in [0.1, 0.15) is 16.7 Å². The Morgan fingerprint density at radius 2 is 1.72 bits per heavy atom.